The van der Waals surface area contributed by atoms with Crippen molar-refractivity contribution in [3.63, 3.8) is 0 Å². The zero-order valence-electron chi connectivity index (χ0n) is 18.3. The van der Waals surface area contributed by atoms with Crippen molar-refractivity contribution in [3.05, 3.63) is 71.5 Å². The standard InChI is InChI=1S/C25H19FN2O5S/c1-30-19-8-4-15(11-21(19)31-2)17(9-14-3-7-20-22(10-14)33-13-32-20)24(29)28-25-27-18-6-5-16(26)12-23(18)34-25/h3-12H,13H2,1-2H3,(H,27,28,29)/b17-9+. The van der Waals surface area contributed by atoms with Gasteiger partial charge in [0, 0.05) is 5.57 Å². The van der Waals surface area contributed by atoms with Crippen LogP contribution in [0, 0.1) is 5.82 Å². The lowest BCUT2D eigenvalue weighted by Gasteiger charge is -2.12. The molecular weight excluding hydrogens is 459 g/mol. The number of carbonyl (C=O) groups is 1. The SMILES string of the molecule is COc1ccc(/C(=C\c2ccc3c(c2)OCO3)C(=O)Nc2nc3ccc(F)cc3s2)cc1OC. The molecule has 1 N–H and O–H groups in total. The maximum atomic E-state index is 13.6. The van der Waals surface area contributed by atoms with Gasteiger partial charge in [0.05, 0.1) is 24.4 Å². The molecule has 0 bridgehead atoms. The molecule has 1 aliphatic rings. The number of thiazole rings is 1. The Morgan fingerprint density at radius 1 is 1.03 bits per heavy atom. The van der Waals surface area contributed by atoms with Gasteiger partial charge >= 0.3 is 0 Å². The summed E-state index contributed by atoms with van der Waals surface area (Å²) in [7, 11) is 3.08. The number of fused-ring (bicyclic) bond motifs is 2. The molecule has 1 aliphatic heterocycles. The Morgan fingerprint density at radius 2 is 1.85 bits per heavy atom. The fourth-order valence-electron chi connectivity index (χ4n) is 3.57. The summed E-state index contributed by atoms with van der Waals surface area (Å²) >= 11 is 1.20. The maximum absolute atomic E-state index is 13.6. The van der Waals surface area contributed by atoms with Gasteiger partial charge < -0.3 is 18.9 Å². The number of benzene rings is 3. The van der Waals surface area contributed by atoms with Crippen molar-refractivity contribution < 1.29 is 28.1 Å². The van der Waals surface area contributed by atoms with Crippen LogP contribution in [0.1, 0.15) is 11.1 Å². The summed E-state index contributed by atoms with van der Waals surface area (Å²) in [6.07, 6.45) is 1.74. The van der Waals surface area contributed by atoms with Crippen molar-refractivity contribution in [2.45, 2.75) is 0 Å². The topological polar surface area (TPSA) is 78.9 Å². The number of aromatic nitrogens is 1. The van der Waals surface area contributed by atoms with Crippen LogP contribution in [-0.4, -0.2) is 31.9 Å². The fraction of sp³-hybridized carbons (Fsp3) is 0.120. The fourth-order valence-corrected chi connectivity index (χ4v) is 4.46. The summed E-state index contributed by atoms with van der Waals surface area (Å²) in [5.41, 5.74) is 2.33. The third-order valence-corrected chi connectivity index (χ3v) is 6.15. The van der Waals surface area contributed by atoms with Crippen molar-refractivity contribution in [2.75, 3.05) is 26.3 Å². The summed E-state index contributed by atoms with van der Waals surface area (Å²) in [5, 5.41) is 3.20. The first-order chi connectivity index (χ1) is 16.5. The van der Waals surface area contributed by atoms with Gasteiger partial charge in [0.1, 0.15) is 5.82 Å². The van der Waals surface area contributed by atoms with Gasteiger partial charge in [-0.2, -0.15) is 0 Å². The number of hydrogen-bond acceptors (Lipinski definition) is 7. The van der Waals surface area contributed by atoms with Gasteiger partial charge in [0.15, 0.2) is 28.1 Å². The average molecular weight is 479 g/mol. The van der Waals surface area contributed by atoms with Gasteiger partial charge in [-0.15, -0.1) is 0 Å². The second-order valence-corrected chi connectivity index (χ2v) is 8.36. The Labute approximate surface area is 198 Å². The number of anilines is 1. The summed E-state index contributed by atoms with van der Waals surface area (Å²) in [6.45, 7) is 0.156. The minimum absolute atomic E-state index is 0.156. The highest BCUT2D eigenvalue weighted by Crippen LogP contribution is 2.36. The molecule has 0 saturated carbocycles. The highest BCUT2D eigenvalue weighted by Gasteiger charge is 2.19. The lowest BCUT2D eigenvalue weighted by atomic mass is 10.0. The summed E-state index contributed by atoms with van der Waals surface area (Å²) in [6, 6.07) is 15.0. The van der Waals surface area contributed by atoms with E-state index in [1.807, 2.05) is 6.07 Å². The molecule has 4 aromatic rings. The quantitative estimate of drug-likeness (QED) is 0.297. The van der Waals surface area contributed by atoms with Gasteiger partial charge in [-0.05, 0) is 59.7 Å². The summed E-state index contributed by atoms with van der Waals surface area (Å²) < 4.78 is 35.8. The molecule has 0 radical (unpaired) electrons. The van der Waals surface area contributed by atoms with Crippen LogP contribution in [0.4, 0.5) is 9.52 Å². The molecule has 0 saturated heterocycles. The zero-order chi connectivity index (χ0) is 23.7. The second kappa shape index (κ2) is 9.03. The number of rotatable bonds is 6. The summed E-state index contributed by atoms with van der Waals surface area (Å²) in [4.78, 5) is 17.8. The van der Waals surface area contributed by atoms with E-state index in [-0.39, 0.29) is 18.5 Å². The Bertz CT molecular complexity index is 1430. The lowest BCUT2D eigenvalue weighted by molar-refractivity contribution is -0.111. The van der Waals surface area contributed by atoms with E-state index in [1.54, 1.807) is 49.6 Å². The Morgan fingerprint density at radius 3 is 2.68 bits per heavy atom. The van der Waals surface area contributed by atoms with Crippen LogP contribution in [0.3, 0.4) is 0 Å². The smallest absolute Gasteiger partial charge is 0.258 e. The van der Waals surface area contributed by atoms with Crippen LogP contribution < -0.4 is 24.3 Å². The molecule has 34 heavy (non-hydrogen) atoms. The van der Waals surface area contributed by atoms with Crippen LogP contribution in [0.5, 0.6) is 23.0 Å². The molecule has 0 spiro atoms. The van der Waals surface area contributed by atoms with Crippen LogP contribution in [-0.2, 0) is 4.79 Å². The molecule has 1 aromatic heterocycles. The Hall–Kier alpha value is -4.11. The first-order valence-corrected chi connectivity index (χ1v) is 11.1. The van der Waals surface area contributed by atoms with Crippen LogP contribution in [0.2, 0.25) is 0 Å². The van der Waals surface area contributed by atoms with E-state index in [2.05, 4.69) is 10.3 Å². The highest BCUT2D eigenvalue weighted by molar-refractivity contribution is 7.22. The third kappa shape index (κ3) is 4.25. The molecule has 9 heteroatoms. The number of nitrogens with one attached hydrogen (secondary N) is 1. The van der Waals surface area contributed by atoms with E-state index in [4.69, 9.17) is 18.9 Å². The highest BCUT2D eigenvalue weighted by atomic mass is 32.1. The van der Waals surface area contributed by atoms with Crippen molar-refractivity contribution in [1.29, 1.82) is 0 Å². The number of ether oxygens (including phenoxy) is 4. The molecule has 0 unspecified atom stereocenters. The minimum atomic E-state index is -0.385. The molecule has 0 aliphatic carbocycles. The molecule has 3 aromatic carbocycles. The lowest BCUT2D eigenvalue weighted by Crippen LogP contribution is -2.13. The first-order valence-electron chi connectivity index (χ1n) is 10.3. The zero-order valence-corrected chi connectivity index (χ0v) is 19.1. The molecule has 172 valence electrons. The number of halogens is 1. The molecule has 2 heterocycles. The predicted octanol–water partition coefficient (Wildman–Crippen LogP) is 5.36. The third-order valence-electron chi connectivity index (χ3n) is 5.22. The molecular formula is C25H19FN2O5S. The van der Waals surface area contributed by atoms with E-state index >= 15 is 0 Å². The van der Waals surface area contributed by atoms with Gasteiger partial charge in [-0.3, -0.25) is 10.1 Å². The maximum Gasteiger partial charge on any atom is 0.258 e. The molecule has 5 rings (SSSR count). The van der Waals surface area contributed by atoms with E-state index in [1.165, 1.54) is 30.6 Å². The van der Waals surface area contributed by atoms with Crippen molar-refractivity contribution in [2.24, 2.45) is 0 Å². The van der Waals surface area contributed by atoms with Gasteiger partial charge in [0.25, 0.3) is 5.91 Å². The van der Waals surface area contributed by atoms with Gasteiger partial charge in [0.2, 0.25) is 6.79 Å². The van der Waals surface area contributed by atoms with Crippen LogP contribution >= 0.6 is 11.3 Å². The number of amides is 1. The Balaban J connectivity index is 1.54. The molecule has 7 nitrogen and oxygen atoms in total. The number of hydrogen-bond donors (Lipinski definition) is 1. The monoisotopic (exact) mass is 478 g/mol. The normalized spacial score (nSPS) is 12.6. The second-order valence-electron chi connectivity index (χ2n) is 7.33. The van der Waals surface area contributed by atoms with Crippen molar-refractivity contribution in [1.82, 2.24) is 4.98 Å². The largest absolute Gasteiger partial charge is 0.493 e. The van der Waals surface area contributed by atoms with Crippen molar-refractivity contribution >= 4 is 44.2 Å². The first kappa shape index (κ1) is 21.7. The Kier molecular flexibility index (Phi) is 5.77. The van der Waals surface area contributed by atoms with E-state index in [0.29, 0.717) is 49.5 Å². The van der Waals surface area contributed by atoms with Crippen molar-refractivity contribution in [3.8, 4) is 23.0 Å². The minimum Gasteiger partial charge on any atom is -0.493 e. The van der Waals surface area contributed by atoms with E-state index < -0.39 is 0 Å². The van der Waals surface area contributed by atoms with E-state index in [9.17, 15) is 9.18 Å². The molecule has 0 fully saturated rings. The van der Waals surface area contributed by atoms with Gasteiger partial charge in [-0.25, -0.2) is 9.37 Å². The van der Waals surface area contributed by atoms with E-state index in [0.717, 1.165) is 5.56 Å². The number of carbonyl (C=O) groups excluding carboxylic acids is 1. The van der Waals surface area contributed by atoms with Crippen LogP contribution in [0.15, 0.2) is 54.6 Å². The average Bonchev–Trinajstić information content (AvgIpc) is 3.47. The number of methoxy groups -OCH3 is 2. The summed E-state index contributed by atoms with van der Waals surface area (Å²) in [5.74, 6) is 1.54. The predicted molar refractivity (Wildman–Crippen MR) is 128 cm³/mol. The molecule has 1 amide bonds. The number of nitrogens with zero attached hydrogens (tertiary/aromatic N) is 1. The van der Waals surface area contributed by atoms with Gasteiger partial charge in [-0.1, -0.05) is 23.5 Å². The van der Waals surface area contributed by atoms with Crippen LogP contribution in [0.25, 0.3) is 21.9 Å². The molecule has 0 atom stereocenters.